The molecular formula is C14H22BrNOS2. The van der Waals surface area contributed by atoms with Crippen LogP contribution in [0.3, 0.4) is 0 Å². The van der Waals surface area contributed by atoms with Crippen LogP contribution < -0.4 is 4.72 Å². The zero-order valence-electron chi connectivity index (χ0n) is 11.7. The Hall–Kier alpha value is 0.450. The molecule has 0 radical (unpaired) electrons. The van der Waals surface area contributed by atoms with Gasteiger partial charge in [-0.3, -0.25) is 0 Å². The lowest BCUT2D eigenvalue weighted by atomic mass is 9.98. The van der Waals surface area contributed by atoms with Crippen molar-refractivity contribution in [2.45, 2.75) is 57.2 Å². The van der Waals surface area contributed by atoms with Crippen molar-refractivity contribution in [2.24, 2.45) is 5.92 Å². The van der Waals surface area contributed by atoms with Gasteiger partial charge in [0.25, 0.3) is 0 Å². The Morgan fingerprint density at radius 3 is 2.53 bits per heavy atom. The average Bonchev–Trinajstić information content (AvgIpc) is 2.95. The fourth-order valence-electron chi connectivity index (χ4n) is 2.46. The smallest absolute Gasteiger partial charge is 0.136 e. The van der Waals surface area contributed by atoms with E-state index in [4.69, 9.17) is 0 Å². The van der Waals surface area contributed by atoms with Crippen LogP contribution in [0.15, 0.2) is 15.9 Å². The molecular weight excluding hydrogens is 342 g/mol. The van der Waals surface area contributed by atoms with E-state index in [1.54, 1.807) is 11.3 Å². The summed E-state index contributed by atoms with van der Waals surface area (Å²) in [4.78, 5) is 1.30. The van der Waals surface area contributed by atoms with E-state index in [1.807, 2.05) is 20.8 Å². The highest BCUT2D eigenvalue weighted by Crippen LogP contribution is 2.39. The maximum absolute atomic E-state index is 12.4. The van der Waals surface area contributed by atoms with Crippen molar-refractivity contribution in [1.82, 2.24) is 4.72 Å². The van der Waals surface area contributed by atoms with Gasteiger partial charge in [0, 0.05) is 26.1 Å². The third kappa shape index (κ3) is 4.21. The van der Waals surface area contributed by atoms with Crippen LogP contribution in [-0.4, -0.2) is 9.30 Å². The fourth-order valence-corrected chi connectivity index (χ4v) is 5.03. The monoisotopic (exact) mass is 363 g/mol. The number of hydrogen-bond acceptors (Lipinski definition) is 3. The van der Waals surface area contributed by atoms with Crippen LogP contribution in [0, 0.1) is 5.92 Å². The first-order valence-electron chi connectivity index (χ1n) is 6.80. The summed E-state index contributed by atoms with van der Waals surface area (Å²) >= 11 is 4.26. The lowest BCUT2D eigenvalue weighted by Crippen LogP contribution is -2.42. The third-order valence-corrected chi connectivity index (χ3v) is 6.91. The summed E-state index contributed by atoms with van der Waals surface area (Å²) in [6, 6.07) is 2.40. The van der Waals surface area contributed by atoms with E-state index in [2.05, 4.69) is 32.1 Å². The first kappa shape index (κ1) is 15.8. The highest BCUT2D eigenvalue weighted by molar-refractivity contribution is 9.10. The van der Waals surface area contributed by atoms with Crippen molar-refractivity contribution in [2.75, 3.05) is 0 Å². The van der Waals surface area contributed by atoms with Crippen molar-refractivity contribution in [3.05, 3.63) is 20.8 Å². The maximum Gasteiger partial charge on any atom is 0.136 e. The molecule has 1 heterocycles. The molecule has 5 heteroatoms. The minimum absolute atomic E-state index is 0.217. The molecule has 0 spiro atoms. The topological polar surface area (TPSA) is 35.1 Å². The highest BCUT2D eigenvalue weighted by atomic mass is 79.9. The summed E-state index contributed by atoms with van der Waals surface area (Å²) in [6.07, 6.45) is 5.10. The molecule has 1 N–H and O–H groups in total. The summed E-state index contributed by atoms with van der Waals surface area (Å²) in [5.74, 6) is 0.622. The van der Waals surface area contributed by atoms with Crippen molar-refractivity contribution < 1.29 is 4.55 Å². The van der Waals surface area contributed by atoms with E-state index in [9.17, 15) is 4.55 Å². The number of halogens is 1. The summed E-state index contributed by atoms with van der Waals surface area (Å²) in [6.45, 7) is 6.06. The van der Waals surface area contributed by atoms with Crippen LogP contribution >= 0.6 is 27.3 Å². The molecule has 0 bridgehead atoms. The average molecular weight is 364 g/mol. The number of hydrogen-bond donors (Lipinski definition) is 1. The van der Waals surface area contributed by atoms with Gasteiger partial charge in [-0.15, -0.1) is 16.1 Å². The van der Waals surface area contributed by atoms with E-state index in [1.165, 1.54) is 30.6 Å². The molecule has 1 aliphatic carbocycles. The molecule has 1 saturated carbocycles. The summed E-state index contributed by atoms with van der Waals surface area (Å²) in [5.41, 5.74) is 0. The lowest BCUT2D eigenvalue weighted by molar-refractivity contribution is 0.410. The van der Waals surface area contributed by atoms with Gasteiger partial charge in [-0.2, -0.15) is 0 Å². The maximum atomic E-state index is 12.4. The van der Waals surface area contributed by atoms with Gasteiger partial charge in [0.05, 0.1) is 6.04 Å². The van der Waals surface area contributed by atoms with Gasteiger partial charge < -0.3 is 4.55 Å². The van der Waals surface area contributed by atoms with Crippen molar-refractivity contribution in [3.63, 3.8) is 0 Å². The Bertz CT molecular complexity index is 410. The van der Waals surface area contributed by atoms with Gasteiger partial charge >= 0.3 is 0 Å². The lowest BCUT2D eigenvalue weighted by Gasteiger charge is -2.30. The van der Waals surface area contributed by atoms with Crippen LogP contribution in [-0.2, 0) is 11.4 Å². The molecule has 19 heavy (non-hydrogen) atoms. The van der Waals surface area contributed by atoms with Crippen LogP contribution in [0.4, 0.5) is 0 Å². The van der Waals surface area contributed by atoms with E-state index >= 15 is 0 Å². The Morgan fingerprint density at radius 1 is 1.42 bits per heavy atom. The molecule has 1 aromatic rings. The molecule has 0 amide bonds. The fraction of sp³-hybridized carbons (Fsp3) is 0.714. The molecule has 1 aliphatic rings. The van der Waals surface area contributed by atoms with E-state index in [0.29, 0.717) is 5.92 Å². The standard InChI is InChI=1S/C14H22BrNOS2/c1-14(2,3)19(17)16-13(10-6-4-5-7-10)12-8-11(15)9-18-12/h8-10,13,16H,4-7H2,1-3H3/t13-,19?/m0/s1. The summed E-state index contributed by atoms with van der Waals surface area (Å²) in [5, 5.41) is 2.11. The zero-order chi connectivity index (χ0) is 14.0. The second kappa shape index (κ2) is 6.48. The van der Waals surface area contributed by atoms with Gasteiger partial charge in [-0.1, -0.05) is 12.8 Å². The quantitative estimate of drug-likeness (QED) is 0.780. The van der Waals surface area contributed by atoms with Gasteiger partial charge in [0.1, 0.15) is 4.75 Å². The second-order valence-electron chi connectivity index (χ2n) is 6.19. The van der Waals surface area contributed by atoms with Gasteiger partial charge in [0.15, 0.2) is 0 Å². The molecule has 108 valence electrons. The minimum atomic E-state index is -1.01. The van der Waals surface area contributed by atoms with Gasteiger partial charge in [-0.05, 0) is 61.5 Å². The minimum Gasteiger partial charge on any atom is -0.598 e. The molecule has 0 saturated heterocycles. The zero-order valence-corrected chi connectivity index (χ0v) is 15.0. The third-order valence-electron chi connectivity index (χ3n) is 3.56. The van der Waals surface area contributed by atoms with Gasteiger partial charge in [-0.25, -0.2) is 0 Å². The molecule has 2 rings (SSSR count). The van der Waals surface area contributed by atoms with Crippen molar-refractivity contribution in [3.8, 4) is 0 Å². The van der Waals surface area contributed by atoms with Crippen LogP contribution in [0.1, 0.15) is 57.4 Å². The largest absolute Gasteiger partial charge is 0.598 e. The van der Waals surface area contributed by atoms with E-state index in [-0.39, 0.29) is 10.8 Å². The first-order valence-corrected chi connectivity index (χ1v) is 9.62. The van der Waals surface area contributed by atoms with E-state index in [0.717, 1.165) is 4.47 Å². The van der Waals surface area contributed by atoms with Crippen molar-refractivity contribution >= 4 is 38.6 Å². The Kier molecular flexibility index (Phi) is 5.40. The summed E-state index contributed by atoms with van der Waals surface area (Å²) in [7, 11) is 0. The Labute approximate surface area is 131 Å². The molecule has 1 fully saturated rings. The Balaban J connectivity index is 2.15. The molecule has 0 aliphatic heterocycles. The highest BCUT2D eigenvalue weighted by Gasteiger charge is 2.35. The molecule has 1 unspecified atom stereocenters. The second-order valence-corrected chi connectivity index (χ2v) is 10.0. The normalized spacial score (nSPS) is 20.7. The van der Waals surface area contributed by atoms with Crippen molar-refractivity contribution in [1.29, 1.82) is 0 Å². The molecule has 2 nitrogen and oxygen atoms in total. The number of rotatable bonds is 4. The Morgan fingerprint density at radius 2 is 2.05 bits per heavy atom. The number of nitrogens with one attached hydrogen (secondary N) is 1. The molecule has 1 aromatic heterocycles. The summed E-state index contributed by atoms with van der Waals surface area (Å²) < 4.78 is 16.7. The van der Waals surface area contributed by atoms with Gasteiger partial charge in [0.2, 0.25) is 0 Å². The SMILES string of the molecule is CC(C)(C)[S+]([O-])N[C@H](c1cc(Br)cs1)C1CCCC1. The molecule has 2 atom stereocenters. The predicted octanol–water partition coefficient (Wildman–Crippen LogP) is 4.79. The van der Waals surface area contributed by atoms with E-state index < -0.39 is 11.4 Å². The molecule has 0 aromatic carbocycles. The first-order chi connectivity index (χ1) is 8.88. The predicted molar refractivity (Wildman–Crippen MR) is 87.7 cm³/mol. The van der Waals surface area contributed by atoms with Crippen LogP contribution in [0.2, 0.25) is 0 Å². The van der Waals surface area contributed by atoms with Crippen LogP contribution in [0.25, 0.3) is 0 Å². The van der Waals surface area contributed by atoms with Crippen LogP contribution in [0.5, 0.6) is 0 Å². The number of thiophene rings is 1.